The van der Waals surface area contributed by atoms with Gasteiger partial charge in [-0.25, -0.2) is 9.97 Å². The van der Waals surface area contributed by atoms with Crippen molar-refractivity contribution in [1.29, 1.82) is 0 Å². The molecular weight excluding hydrogens is 304 g/mol. The number of rotatable bonds is 7. The molecule has 0 aliphatic carbocycles. The van der Waals surface area contributed by atoms with Crippen molar-refractivity contribution >= 4 is 23.4 Å². The maximum absolute atomic E-state index is 5.93. The third-order valence-electron chi connectivity index (χ3n) is 2.86. The van der Waals surface area contributed by atoms with Crippen LogP contribution in [-0.4, -0.2) is 16.6 Å². The number of hydrogen-bond donors (Lipinski definition) is 0. The molecule has 2 aromatic rings. The first-order chi connectivity index (χ1) is 10.2. The highest BCUT2D eigenvalue weighted by molar-refractivity contribution is 7.98. The van der Waals surface area contributed by atoms with Crippen LogP contribution in [0.2, 0.25) is 5.15 Å². The Labute approximate surface area is 135 Å². The fraction of sp³-hybridized carbons (Fsp3) is 0.375. The molecule has 0 saturated heterocycles. The molecule has 3 nitrogen and oxygen atoms in total. The second-order valence-electron chi connectivity index (χ2n) is 4.75. The van der Waals surface area contributed by atoms with Gasteiger partial charge in [0.2, 0.25) is 0 Å². The summed E-state index contributed by atoms with van der Waals surface area (Å²) < 4.78 is 5.65. The van der Waals surface area contributed by atoms with Crippen molar-refractivity contribution in [3.63, 3.8) is 0 Å². The molecule has 1 aromatic heterocycles. The fourth-order valence-corrected chi connectivity index (χ4v) is 2.88. The standard InChI is InChI=1S/C16H19ClN2OS/c1-3-4-9-20-14-7-5-13(6-8-14)11-21-16-18-12(2)10-15(17)19-16/h5-8,10H,3-4,9,11H2,1-2H3. The zero-order valence-corrected chi connectivity index (χ0v) is 13.9. The largest absolute Gasteiger partial charge is 0.494 e. The quantitative estimate of drug-likeness (QED) is 0.314. The molecule has 0 bridgehead atoms. The summed E-state index contributed by atoms with van der Waals surface area (Å²) in [6.45, 7) is 4.85. The van der Waals surface area contributed by atoms with E-state index in [-0.39, 0.29) is 0 Å². The molecular formula is C16H19ClN2OS. The molecule has 21 heavy (non-hydrogen) atoms. The number of hydrogen-bond acceptors (Lipinski definition) is 4. The summed E-state index contributed by atoms with van der Waals surface area (Å²) in [5, 5.41) is 1.20. The molecule has 112 valence electrons. The van der Waals surface area contributed by atoms with Gasteiger partial charge in [0.05, 0.1) is 6.61 Å². The normalized spacial score (nSPS) is 10.6. The van der Waals surface area contributed by atoms with Gasteiger partial charge in [-0.1, -0.05) is 48.8 Å². The third-order valence-corrected chi connectivity index (χ3v) is 3.97. The van der Waals surface area contributed by atoms with Crippen LogP contribution in [-0.2, 0) is 5.75 Å². The molecule has 0 amide bonds. The van der Waals surface area contributed by atoms with Crippen LogP contribution < -0.4 is 4.74 Å². The predicted octanol–water partition coefficient (Wildman–Crippen LogP) is 4.91. The highest BCUT2D eigenvalue weighted by Gasteiger charge is 2.03. The second-order valence-corrected chi connectivity index (χ2v) is 6.08. The Morgan fingerprint density at radius 2 is 1.95 bits per heavy atom. The second kappa shape index (κ2) is 8.25. The monoisotopic (exact) mass is 322 g/mol. The summed E-state index contributed by atoms with van der Waals surface area (Å²) in [6.07, 6.45) is 2.23. The smallest absolute Gasteiger partial charge is 0.189 e. The summed E-state index contributed by atoms with van der Waals surface area (Å²) in [6, 6.07) is 9.93. The number of aromatic nitrogens is 2. The van der Waals surface area contributed by atoms with Gasteiger partial charge in [-0.3, -0.25) is 0 Å². The molecule has 5 heteroatoms. The Balaban J connectivity index is 1.88. The average Bonchev–Trinajstić information content (AvgIpc) is 2.46. The number of unbranched alkanes of at least 4 members (excludes halogenated alkanes) is 1. The van der Waals surface area contributed by atoms with E-state index in [1.54, 1.807) is 17.8 Å². The molecule has 0 spiro atoms. The van der Waals surface area contributed by atoms with Crippen molar-refractivity contribution < 1.29 is 4.74 Å². The molecule has 0 aliphatic rings. The topological polar surface area (TPSA) is 35.0 Å². The van der Waals surface area contributed by atoms with Crippen LogP contribution in [0.4, 0.5) is 0 Å². The number of benzene rings is 1. The minimum absolute atomic E-state index is 0.490. The lowest BCUT2D eigenvalue weighted by Crippen LogP contribution is -1.96. The molecule has 1 aromatic carbocycles. The summed E-state index contributed by atoms with van der Waals surface area (Å²) >= 11 is 7.51. The van der Waals surface area contributed by atoms with E-state index >= 15 is 0 Å². The van der Waals surface area contributed by atoms with Crippen molar-refractivity contribution in [3.05, 3.63) is 46.7 Å². The van der Waals surface area contributed by atoms with Gasteiger partial charge in [-0.2, -0.15) is 0 Å². The predicted molar refractivity (Wildman–Crippen MR) is 88.2 cm³/mol. The van der Waals surface area contributed by atoms with E-state index < -0.39 is 0 Å². The average molecular weight is 323 g/mol. The lowest BCUT2D eigenvalue weighted by Gasteiger charge is -2.06. The number of thioether (sulfide) groups is 1. The Bertz CT molecular complexity index is 555. The van der Waals surface area contributed by atoms with Crippen molar-refractivity contribution in [2.45, 2.75) is 37.6 Å². The van der Waals surface area contributed by atoms with Gasteiger partial charge in [-0.15, -0.1) is 0 Å². The molecule has 0 saturated carbocycles. The summed E-state index contributed by atoms with van der Waals surface area (Å²) in [5.74, 6) is 1.74. The minimum atomic E-state index is 0.490. The summed E-state index contributed by atoms with van der Waals surface area (Å²) in [5.41, 5.74) is 2.10. The lowest BCUT2D eigenvalue weighted by molar-refractivity contribution is 0.309. The van der Waals surface area contributed by atoms with Crippen LogP contribution in [0.3, 0.4) is 0 Å². The van der Waals surface area contributed by atoms with Gasteiger partial charge in [0.25, 0.3) is 0 Å². The molecule has 0 atom stereocenters. The van der Waals surface area contributed by atoms with Crippen molar-refractivity contribution in [3.8, 4) is 5.75 Å². The van der Waals surface area contributed by atoms with E-state index in [9.17, 15) is 0 Å². The Morgan fingerprint density at radius 1 is 1.19 bits per heavy atom. The SMILES string of the molecule is CCCCOc1ccc(CSc2nc(C)cc(Cl)n2)cc1. The third kappa shape index (κ3) is 5.56. The minimum Gasteiger partial charge on any atom is -0.494 e. The Kier molecular flexibility index (Phi) is 6.33. The first-order valence-corrected chi connectivity index (χ1v) is 8.39. The number of halogens is 1. The summed E-state index contributed by atoms with van der Waals surface area (Å²) in [4.78, 5) is 8.57. The molecule has 0 aliphatic heterocycles. The maximum Gasteiger partial charge on any atom is 0.189 e. The molecule has 0 radical (unpaired) electrons. The van der Waals surface area contributed by atoms with Crippen LogP contribution in [0.5, 0.6) is 5.75 Å². The van der Waals surface area contributed by atoms with Crippen LogP contribution in [0.1, 0.15) is 31.0 Å². The first-order valence-electron chi connectivity index (χ1n) is 7.03. The number of nitrogens with zero attached hydrogens (tertiary/aromatic N) is 2. The van der Waals surface area contributed by atoms with Gasteiger partial charge in [0.1, 0.15) is 10.9 Å². The van der Waals surface area contributed by atoms with E-state index in [0.717, 1.165) is 36.6 Å². The van der Waals surface area contributed by atoms with Crippen LogP contribution in [0.25, 0.3) is 0 Å². The van der Waals surface area contributed by atoms with E-state index in [0.29, 0.717) is 10.3 Å². The zero-order chi connectivity index (χ0) is 15.1. The Hall–Kier alpha value is -1.26. The fourth-order valence-electron chi connectivity index (χ4n) is 1.73. The van der Waals surface area contributed by atoms with E-state index in [1.807, 2.05) is 19.1 Å². The zero-order valence-electron chi connectivity index (χ0n) is 12.3. The lowest BCUT2D eigenvalue weighted by atomic mass is 10.2. The van der Waals surface area contributed by atoms with Crippen molar-refractivity contribution in [2.75, 3.05) is 6.61 Å². The van der Waals surface area contributed by atoms with E-state index in [1.165, 1.54) is 5.56 Å². The van der Waals surface area contributed by atoms with Gasteiger partial charge in [0, 0.05) is 11.4 Å². The highest BCUT2D eigenvalue weighted by Crippen LogP contribution is 2.22. The van der Waals surface area contributed by atoms with E-state index in [4.69, 9.17) is 16.3 Å². The molecule has 1 heterocycles. The number of aryl methyl sites for hydroxylation is 1. The van der Waals surface area contributed by atoms with Crippen LogP contribution in [0, 0.1) is 6.92 Å². The molecule has 2 rings (SSSR count). The van der Waals surface area contributed by atoms with E-state index in [2.05, 4.69) is 29.0 Å². The van der Waals surface area contributed by atoms with Crippen LogP contribution in [0.15, 0.2) is 35.5 Å². The van der Waals surface area contributed by atoms with Gasteiger partial charge in [-0.05, 0) is 37.1 Å². The molecule has 0 fully saturated rings. The van der Waals surface area contributed by atoms with Crippen LogP contribution >= 0.6 is 23.4 Å². The van der Waals surface area contributed by atoms with Gasteiger partial charge >= 0.3 is 0 Å². The summed E-state index contributed by atoms with van der Waals surface area (Å²) in [7, 11) is 0. The molecule has 0 unspecified atom stereocenters. The first kappa shape index (κ1) is 16.1. The maximum atomic E-state index is 5.93. The van der Waals surface area contributed by atoms with Crippen molar-refractivity contribution in [2.24, 2.45) is 0 Å². The highest BCUT2D eigenvalue weighted by atomic mass is 35.5. The number of ether oxygens (including phenoxy) is 1. The Morgan fingerprint density at radius 3 is 2.62 bits per heavy atom. The van der Waals surface area contributed by atoms with Gasteiger partial charge in [0.15, 0.2) is 5.16 Å². The van der Waals surface area contributed by atoms with Crippen molar-refractivity contribution in [1.82, 2.24) is 9.97 Å². The molecule has 0 N–H and O–H groups in total. The van der Waals surface area contributed by atoms with Gasteiger partial charge < -0.3 is 4.74 Å².